The molecule has 8 nitrogen and oxygen atoms in total. The van der Waals surface area contributed by atoms with Crippen LogP contribution in [-0.2, 0) is 9.59 Å². The van der Waals surface area contributed by atoms with E-state index in [1.54, 1.807) is 24.3 Å². The van der Waals surface area contributed by atoms with Crippen LogP contribution in [0.4, 0.5) is 0 Å². The summed E-state index contributed by atoms with van der Waals surface area (Å²) in [5.74, 6) is -2.23. The fraction of sp³-hybridized carbons (Fsp3) is 0.333. The first kappa shape index (κ1) is 19.2. The van der Waals surface area contributed by atoms with E-state index in [4.69, 9.17) is 5.11 Å². The first-order valence-corrected chi connectivity index (χ1v) is 8.20. The second kappa shape index (κ2) is 8.28. The zero-order valence-electron chi connectivity index (χ0n) is 14.5. The molecule has 0 radical (unpaired) electrons. The normalized spacial score (nSPS) is 12.0. The van der Waals surface area contributed by atoms with Crippen molar-refractivity contribution in [3.63, 3.8) is 0 Å². The third kappa shape index (κ3) is 4.92. The lowest BCUT2D eigenvalue weighted by Gasteiger charge is -2.16. The van der Waals surface area contributed by atoms with Gasteiger partial charge in [0.25, 0.3) is 5.91 Å². The third-order valence-corrected chi connectivity index (χ3v) is 3.75. The number of para-hydroxylation sites is 1. The molecule has 0 aliphatic heterocycles. The van der Waals surface area contributed by atoms with Gasteiger partial charge >= 0.3 is 5.97 Å². The van der Waals surface area contributed by atoms with Crippen LogP contribution in [0.3, 0.4) is 0 Å². The largest absolute Gasteiger partial charge is 0.480 e. The van der Waals surface area contributed by atoms with Gasteiger partial charge in [0.1, 0.15) is 6.04 Å². The summed E-state index contributed by atoms with van der Waals surface area (Å²) in [5.41, 5.74) is 0.229. The third-order valence-electron chi connectivity index (χ3n) is 3.75. The molecule has 0 spiro atoms. The van der Waals surface area contributed by atoms with Gasteiger partial charge in [-0.05, 0) is 18.4 Å². The summed E-state index contributed by atoms with van der Waals surface area (Å²) in [7, 11) is 0. The van der Waals surface area contributed by atoms with E-state index in [1.165, 1.54) is 0 Å². The van der Waals surface area contributed by atoms with E-state index < -0.39 is 29.4 Å². The molecular formula is C18H21N3O5. The van der Waals surface area contributed by atoms with Crippen LogP contribution in [0, 0.1) is 5.92 Å². The first-order valence-electron chi connectivity index (χ1n) is 8.20. The Balaban J connectivity index is 2.06. The van der Waals surface area contributed by atoms with Crippen LogP contribution in [0.15, 0.2) is 35.1 Å². The molecule has 26 heavy (non-hydrogen) atoms. The summed E-state index contributed by atoms with van der Waals surface area (Å²) >= 11 is 0. The van der Waals surface area contributed by atoms with Gasteiger partial charge in [-0.1, -0.05) is 32.0 Å². The van der Waals surface area contributed by atoms with Crippen molar-refractivity contribution in [3.05, 3.63) is 46.2 Å². The van der Waals surface area contributed by atoms with Crippen molar-refractivity contribution in [1.29, 1.82) is 0 Å². The maximum Gasteiger partial charge on any atom is 0.326 e. The predicted molar refractivity (Wildman–Crippen MR) is 95.9 cm³/mol. The number of aromatic nitrogens is 1. The Morgan fingerprint density at radius 1 is 1.19 bits per heavy atom. The minimum absolute atomic E-state index is 0.0911. The molecule has 1 atom stereocenters. The number of nitrogens with one attached hydrogen (secondary N) is 3. The number of H-pyrrole nitrogens is 1. The molecule has 2 aromatic rings. The van der Waals surface area contributed by atoms with Gasteiger partial charge in [-0.25, -0.2) is 4.79 Å². The summed E-state index contributed by atoms with van der Waals surface area (Å²) in [5, 5.41) is 14.5. The van der Waals surface area contributed by atoms with E-state index in [0.29, 0.717) is 10.9 Å². The Labute approximate surface area is 149 Å². The van der Waals surface area contributed by atoms with Crippen molar-refractivity contribution >= 4 is 28.7 Å². The van der Waals surface area contributed by atoms with Crippen LogP contribution in [0.2, 0.25) is 0 Å². The molecule has 1 aromatic heterocycles. The van der Waals surface area contributed by atoms with Crippen LogP contribution in [0.25, 0.3) is 10.9 Å². The summed E-state index contributed by atoms with van der Waals surface area (Å²) in [6.07, 6.45) is 0.285. The van der Waals surface area contributed by atoms with Gasteiger partial charge in [-0.2, -0.15) is 0 Å². The van der Waals surface area contributed by atoms with Gasteiger partial charge in [0, 0.05) is 17.0 Å². The van der Waals surface area contributed by atoms with Crippen LogP contribution in [0.1, 0.15) is 30.6 Å². The molecule has 1 heterocycles. The highest BCUT2D eigenvalue weighted by Crippen LogP contribution is 2.14. The number of amides is 2. The molecule has 0 fully saturated rings. The minimum atomic E-state index is -1.13. The molecule has 2 amide bonds. The van der Waals surface area contributed by atoms with E-state index in [1.807, 2.05) is 13.8 Å². The SMILES string of the molecule is CC(C)C[C@H](NC(=O)CNC(=O)c1cc(=O)[nH]c2ccccc12)C(=O)O. The fourth-order valence-electron chi connectivity index (χ4n) is 2.59. The van der Waals surface area contributed by atoms with E-state index in [2.05, 4.69) is 15.6 Å². The molecule has 0 aliphatic rings. The highest BCUT2D eigenvalue weighted by molar-refractivity contribution is 6.06. The van der Waals surface area contributed by atoms with Crippen LogP contribution in [-0.4, -0.2) is 40.5 Å². The molecule has 4 N–H and O–H groups in total. The van der Waals surface area contributed by atoms with E-state index in [9.17, 15) is 19.2 Å². The number of pyridine rings is 1. The van der Waals surface area contributed by atoms with Crippen LogP contribution >= 0.6 is 0 Å². The molecule has 2 rings (SSSR count). The first-order chi connectivity index (χ1) is 12.3. The number of aliphatic carboxylic acids is 1. The second-order valence-corrected chi connectivity index (χ2v) is 6.36. The standard InChI is InChI=1S/C18H21N3O5/c1-10(2)7-14(18(25)26)21-16(23)9-19-17(24)12-8-15(22)20-13-6-4-3-5-11(12)13/h3-6,8,10,14H,7,9H2,1-2H3,(H,19,24)(H,20,22)(H,21,23)(H,25,26)/t14-/m0/s1. The predicted octanol–water partition coefficient (Wildman–Crippen LogP) is 0.873. The number of aromatic amines is 1. The minimum Gasteiger partial charge on any atom is -0.480 e. The Hall–Kier alpha value is -3.16. The number of carbonyl (C=O) groups excluding carboxylic acids is 2. The zero-order valence-corrected chi connectivity index (χ0v) is 14.5. The molecule has 8 heteroatoms. The Morgan fingerprint density at radius 2 is 1.88 bits per heavy atom. The Morgan fingerprint density at radius 3 is 2.54 bits per heavy atom. The van der Waals surface area contributed by atoms with Gasteiger partial charge < -0.3 is 20.7 Å². The van der Waals surface area contributed by atoms with Crippen molar-refractivity contribution in [2.45, 2.75) is 26.3 Å². The van der Waals surface area contributed by atoms with Gasteiger partial charge in [-0.15, -0.1) is 0 Å². The topological polar surface area (TPSA) is 128 Å². The number of carboxylic acid groups (broad SMARTS) is 1. The smallest absolute Gasteiger partial charge is 0.326 e. The zero-order chi connectivity index (χ0) is 19.3. The van der Waals surface area contributed by atoms with Gasteiger partial charge in [0.2, 0.25) is 11.5 Å². The summed E-state index contributed by atoms with van der Waals surface area (Å²) in [6, 6.07) is 6.96. The van der Waals surface area contributed by atoms with Crippen molar-refractivity contribution in [3.8, 4) is 0 Å². The maximum absolute atomic E-state index is 12.4. The van der Waals surface area contributed by atoms with E-state index in [0.717, 1.165) is 6.07 Å². The van der Waals surface area contributed by atoms with Crippen molar-refractivity contribution < 1.29 is 19.5 Å². The van der Waals surface area contributed by atoms with Gasteiger partial charge in [-0.3, -0.25) is 14.4 Å². The number of carboxylic acids is 1. The highest BCUT2D eigenvalue weighted by Gasteiger charge is 2.21. The lowest BCUT2D eigenvalue weighted by Crippen LogP contribution is -2.46. The van der Waals surface area contributed by atoms with E-state index >= 15 is 0 Å². The van der Waals surface area contributed by atoms with Crippen molar-refractivity contribution in [1.82, 2.24) is 15.6 Å². The van der Waals surface area contributed by atoms with Crippen LogP contribution < -0.4 is 16.2 Å². The number of hydrogen-bond donors (Lipinski definition) is 4. The van der Waals surface area contributed by atoms with Gasteiger partial charge in [0.05, 0.1) is 12.1 Å². The molecular weight excluding hydrogens is 338 g/mol. The summed E-state index contributed by atoms with van der Waals surface area (Å²) in [6.45, 7) is 3.31. The lowest BCUT2D eigenvalue weighted by molar-refractivity contribution is -0.142. The summed E-state index contributed by atoms with van der Waals surface area (Å²) in [4.78, 5) is 49.8. The quantitative estimate of drug-likeness (QED) is 0.583. The Bertz CT molecular complexity index is 888. The number of rotatable bonds is 7. The number of hydrogen-bond acceptors (Lipinski definition) is 4. The monoisotopic (exact) mass is 359 g/mol. The lowest BCUT2D eigenvalue weighted by atomic mass is 10.0. The summed E-state index contributed by atoms with van der Waals surface area (Å²) < 4.78 is 0. The molecule has 0 unspecified atom stereocenters. The molecule has 0 aliphatic carbocycles. The van der Waals surface area contributed by atoms with E-state index in [-0.39, 0.29) is 24.4 Å². The van der Waals surface area contributed by atoms with Crippen LogP contribution in [0.5, 0.6) is 0 Å². The Kier molecular flexibility index (Phi) is 6.11. The fourth-order valence-corrected chi connectivity index (χ4v) is 2.59. The van der Waals surface area contributed by atoms with Gasteiger partial charge in [0.15, 0.2) is 0 Å². The molecule has 0 saturated heterocycles. The average Bonchev–Trinajstić information content (AvgIpc) is 2.57. The molecule has 0 bridgehead atoms. The van der Waals surface area contributed by atoms with Crippen molar-refractivity contribution in [2.75, 3.05) is 6.54 Å². The average molecular weight is 359 g/mol. The molecule has 138 valence electrons. The maximum atomic E-state index is 12.4. The van der Waals surface area contributed by atoms with Crippen molar-refractivity contribution in [2.24, 2.45) is 5.92 Å². The number of benzene rings is 1. The highest BCUT2D eigenvalue weighted by atomic mass is 16.4. The second-order valence-electron chi connectivity index (χ2n) is 6.36. The molecule has 0 saturated carbocycles. The number of carbonyl (C=O) groups is 3. The number of fused-ring (bicyclic) bond motifs is 1. The molecule has 1 aromatic carbocycles.